The molecule has 0 radical (unpaired) electrons. The quantitative estimate of drug-likeness (QED) is 0.508. The Morgan fingerprint density at radius 1 is 0.926 bits per heavy atom. The summed E-state index contributed by atoms with van der Waals surface area (Å²) >= 11 is 5.96. The monoisotopic (exact) mass is 375 g/mol. The highest BCUT2D eigenvalue weighted by atomic mass is 35.5. The Labute approximate surface area is 160 Å². The number of aromatic amines is 1. The summed E-state index contributed by atoms with van der Waals surface area (Å²) < 4.78 is 0. The molecular weight excluding hydrogens is 362 g/mol. The number of hydrogen-bond acceptors (Lipinski definition) is 3. The van der Waals surface area contributed by atoms with E-state index in [2.05, 4.69) is 15.3 Å². The molecule has 27 heavy (non-hydrogen) atoms. The molecule has 0 aliphatic heterocycles. The number of rotatable bonds is 4. The highest BCUT2D eigenvalue weighted by Crippen LogP contribution is 2.20. The van der Waals surface area contributed by atoms with Crippen molar-refractivity contribution in [2.24, 2.45) is 0 Å². The van der Waals surface area contributed by atoms with E-state index in [1.54, 1.807) is 73.1 Å². The van der Waals surface area contributed by atoms with Crippen LogP contribution in [0.1, 0.15) is 26.3 Å². The molecule has 0 saturated heterocycles. The topological polar surface area (TPSA) is 74.8 Å². The number of nitrogens with zero attached hydrogens (tertiary/aromatic N) is 1. The van der Waals surface area contributed by atoms with E-state index in [9.17, 15) is 9.59 Å². The lowest BCUT2D eigenvalue weighted by atomic mass is 9.97. The van der Waals surface area contributed by atoms with Crippen molar-refractivity contribution >= 4 is 40.0 Å². The Hall–Kier alpha value is -3.44. The highest BCUT2D eigenvalue weighted by molar-refractivity contribution is 6.31. The highest BCUT2D eigenvalue weighted by Gasteiger charge is 2.18. The van der Waals surface area contributed by atoms with Crippen molar-refractivity contribution in [3.8, 4) is 0 Å². The Kier molecular flexibility index (Phi) is 4.44. The van der Waals surface area contributed by atoms with Gasteiger partial charge < -0.3 is 10.3 Å². The predicted molar refractivity (Wildman–Crippen MR) is 105 cm³/mol. The van der Waals surface area contributed by atoms with Crippen LogP contribution in [0.25, 0.3) is 11.0 Å². The third-order valence-corrected chi connectivity index (χ3v) is 4.42. The Morgan fingerprint density at radius 2 is 1.74 bits per heavy atom. The van der Waals surface area contributed by atoms with Gasteiger partial charge in [0.2, 0.25) is 0 Å². The molecule has 0 atom stereocenters. The van der Waals surface area contributed by atoms with Crippen molar-refractivity contribution < 1.29 is 9.59 Å². The number of carbonyl (C=O) groups excluding carboxylic acids is 2. The van der Waals surface area contributed by atoms with Crippen LogP contribution in [-0.2, 0) is 0 Å². The van der Waals surface area contributed by atoms with Crippen LogP contribution in [0, 0.1) is 0 Å². The van der Waals surface area contributed by atoms with Crippen molar-refractivity contribution in [2.45, 2.75) is 0 Å². The van der Waals surface area contributed by atoms with Gasteiger partial charge in [-0.25, -0.2) is 4.98 Å². The van der Waals surface area contributed by atoms with Gasteiger partial charge in [-0.05, 0) is 42.5 Å². The second-order valence-electron chi connectivity index (χ2n) is 5.97. The van der Waals surface area contributed by atoms with Gasteiger partial charge in [0.1, 0.15) is 0 Å². The molecule has 4 rings (SSSR count). The number of fused-ring (bicyclic) bond motifs is 1. The second kappa shape index (κ2) is 7.05. The van der Waals surface area contributed by atoms with Gasteiger partial charge in [-0.15, -0.1) is 0 Å². The Morgan fingerprint density at radius 3 is 2.56 bits per heavy atom. The lowest BCUT2D eigenvalue weighted by molar-refractivity contribution is 0.0996. The predicted octanol–water partition coefficient (Wildman–Crippen LogP) is 4.70. The van der Waals surface area contributed by atoms with Crippen LogP contribution in [0.15, 0.2) is 73.1 Å². The van der Waals surface area contributed by atoms with E-state index in [0.717, 1.165) is 11.0 Å². The van der Waals surface area contributed by atoms with Crippen molar-refractivity contribution in [1.82, 2.24) is 9.97 Å². The number of nitrogens with one attached hydrogen (secondary N) is 2. The van der Waals surface area contributed by atoms with E-state index >= 15 is 0 Å². The maximum Gasteiger partial charge on any atom is 0.256 e. The molecule has 5 nitrogen and oxygen atoms in total. The summed E-state index contributed by atoms with van der Waals surface area (Å²) in [6.07, 6.45) is 1.57. The van der Waals surface area contributed by atoms with Gasteiger partial charge in [0.05, 0.1) is 22.9 Å². The largest absolute Gasteiger partial charge is 0.345 e. The molecule has 0 aliphatic carbocycles. The molecule has 0 unspecified atom stereocenters. The number of H-pyrrole nitrogens is 1. The minimum Gasteiger partial charge on any atom is -0.345 e. The number of aromatic nitrogens is 2. The molecular formula is C21H14ClN3O2. The van der Waals surface area contributed by atoms with E-state index in [1.165, 1.54) is 0 Å². The summed E-state index contributed by atoms with van der Waals surface area (Å²) in [5, 5.41) is 3.30. The van der Waals surface area contributed by atoms with Crippen LogP contribution in [0.5, 0.6) is 0 Å². The Bertz CT molecular complexity index is 1170. The standard InChI is InChI=1S/C21H14ClN3O2/c22-14-4-3-5-15(11-14)25-21(27)17-7-2-1-6-16(17)20(26)13-8-9-18-19(10-13)24-12-23-18/h1-12H,(H,23,24)(H,25,27). The van der Waals surface area contributed by atoms with Gasteiger partial charge >= 0.3 is 0 Å². The number of imidazole rings is 1. The lowest BCUT2D eigenvalue weighted by Crippen LogP contribution is -2.17. The van der Waals surface area contributed by atoms with E-state index in [0.29, 0.717) is 27.4 Å². The first-order valence-corrected chi connectivity index (χ1v) is 8.63. The number of benzene rings is 3. The third-order valence-electron chi connectivity index (χ3n) is 4.18. The molecule has 0 bridgehead atoms. The van der Waals surface area contributed by atoms with Crippen LogP contribution in [0.3, 0.4) is 0 Å². The van der Waals surface area contributed by atoms with Gasteiger partial charge in [-0.3, -0.25) is 9.59 Å². The van der Waals surface area contributed by atoms with Gasteiger partial charge in [0.25, 0.3) is 5.91 Å². The number of hydrogen-bond donors (Lipinski definition) is 2. The summed E-state index contributed by atoms with van der Waals surface area (Å²) in [4.78, 5) is 32.9. The van der Waals surface area contributed by atoms with Crippen LogP contribution in [-0.4, -0.2) is 21.7 Å². The Balaban J connectivity index is 1.67. The molecule has 0 fully saturated rings. The van der Waals surface area contributed by atoms with Gasteiger partial charge in [0.15, 0.2) is 5.78 Å². The SMILES string of the molecule is O=C(Nc1cccc(Cl)c1)c1ccccc1C(=O)c1ccc2nc[nH]c2c1. The summed E-state index contributed by atoms with van der Waals surface area (Å²) in [5.74, 6) is -0.604. The summed E-state index contributed by atoms with van der Waals surface area (Å²) in [6, 6.07) is 18.8. The number of amides is 1. The summed E-state index contributed by atoms with van der Waals surface area (Å²) in [6.45, 7) is 0. The fraction of sp³-hybridized carbons (Fsp3) is 0. The maximum atomic E-state index is 13.0. The molecule has 1 aromatic heterocycles. The molecule has 0 aliphatic rings. The van der Waals surface area contributed by atoms with Crippen molar-refractivity contribution in [3.63, 3.8) is 0 Å². The van der Waals surface area contributed by atoms with Crippen molar-refractivity contribution in [3.05, 3.63) is 94.8 Å². The number of carbonyl (C=O) groups is 2. The fourth-order valence-electron chi connectivity index (χ4n) is 2.88. The molecule has 0 saturated carbocycles. The smallest absolute Gasteiger partial charge is 0.256 e. The molecule has 1 heterocycles. The lowest BCUT2D eigenvalue weighted by Gasteiger charge is -2.10. The van der Waals surface area contributed by atoms with Gasteiger partial charge in [-0.2, -0.15) is 0 Å². The average Bonchev–Trinajstić information content (AvgIpc) is 3.15. The summed E-state index contributed by atoms with van der Waals surface area (Å²) in [5.41, 5.74) is 3.21. The zero-order valence-electron chi connectivity index (χ0n) is 14.1. The van der Waals surface area contributed by atoms with Gasteiger partial charge in [-0.1, -0.05) is 35.9 Å². The zero-order valence-corrected chi connectivity index (χ0v) is 14.8. The first kappa shape index (κ1) is 17.0. The summed E-state index contributed by atoms with van der Waals surface area (Å²) in [7, 11) is 0. The molecule has 1 amide bonds. The van der Waals surface area contributed by atoms with Gasteiger partial charge in [0, 0.05) is 21.8 Å². The van der Waals surface area contributed by atoms with Crippen LogP contribution >= 0.6 is 11.6 Å². The number of anilines is 1. The maximum absolute atomic E-state index is 13.0. The zero-order chi connectivity index (χ0) is 18.8. The minimum atomic E-state index is -0.371. The van der Waals surface area contributed by atoms with E-state index in [4.69, 9.17) is 11.6 Å². The fourth-order valence-corrected chi connectivity index (χ4v) is 3.07. The molecule has 4 aromatic rings. The van der Waals surface area contributed by atoms with Crippen molar-refractivity contribution in [2.75, 3.05) is 5.32 Å². The molecule has 6 heteroatoms. The molecule has 0 spiro atoms. The second-order valence-corrected chi connectivity index (χ2v) is 6.41. The molecule has 2 N–H and O–H groups in total. The first-order valence-electron chi connectivity index (χ1n) is 8.25. The number of ketones is 1. The number of halogens is 1. The molecule has 3 aromatic carbocycles. The third kappa shape index (κ3) is 3.45. The van der Waals surface area contributed by atoms with E-state index in [1.807, 2.05) is 0 Å². The van der Waals surface area contributed by atoms with Crippen LogP contribution in [0.4, 0.5) is 5.69 Å². The van der Waals surface area contributed by atoms with Crippen LogP contribution < -0.4 is 5.32 Å². The molecule has 132 valence electrons. The first-order chi connectivity index (χ1) is 13.1. The van der Waals surface area contributed by atoms with E-state index in [-0.39, 0.29) is 11.7 Å². The minimum absolute atomic E-state index is 0.233. The van der Waals surface area contributed by atoms with Crippen LogP contribution in [0.2, 0.25) is 5.02 Å². The van der Waals surface area contributed by atoms with E-state index < -0.39 is 0 Å². The average molecular weight is 376 g/mol. The normalized spacial score (nSPS) is 10.7. The van der Waals surface area contributed by atoms with Crippen molar-refractivity contribution in [1.29, 1.82) is 0 Å².